The van der Waals surface area contributed by atoms with Gasteiger partial charge in [0.1, 0.15) is 6.10 Å². The standard InChI is InChI=1S/C13H20N4O2.2ClH/c1-16-8-10(7-15-16)12-9-17(5-6-19-12)13(18)11-3-2-4-14-11;;/h7-8,11-12,14H,2-6,9H2,1H3;2*1H/t11-,12?;;/m0../s1. The molecule has 2 saturated heterocycles. The summed E-state index contributed by atoms with van der Waals surface area (Å²) in [6, 6.07) is 0.00708. The molecule has 8 heteroatoms. The van der Waals surface area contributed by atoms with Gasteiger partial charge in [-0.1, -0.05) is 0 Å². The molecular formula is C13H22Cl2N4O2. The van der Waals surface area contributed by atoms with Gasteiger partial charge in [0.2, 0.25) is 5.91 Å². The van der Waals surface area contributed by atoms with Gasteiger partial charge in [-0.05, 0) is 19.4 Å². The number of aromatic nitrogens is 2. The molecule has 3 rings (SSSR count). The summed E-state index contributed by atoms with van der Waals surface area (Å²) in [5.74, 6) is 0.217. The van der Waals surface area contributed by atoms with E-state index < -0.39 is 0 Å². The largest absolute Gasteiger partial charge is 0.370 e. The first-order valence-corrected chi connectivity index (χ1v) is 6.86. The zero-order valence-electron chi connectivity index (χ0n) is 12.0. The van der Waals surface area contributed by atoms with Gasteiger partial charge >= 0.3 is 0 Å². The van der Waals surface area contributed by atoms with E-state index >= 15 is 0 Å². The molecule has 21 heavy (non-hydrogen) atoms. The lowest BCUT2D eigenvalue weighted by Gasteiger charge is -2.34. The number of aryl methyl sites for hydroxylation is 1. The molecule has 1 aromatic heterocycles. The van der Waals surface area contributed by atoms with E-state index in [4.69, 9.17) is 4.74 Å². The van der Waals surface area contributed by atoms with Crippen molar-refractivity contribution in [2.75, 3.05) is 26.2 Å². The van der Waals surface area contributed by atoms with Crippen molar-refractivity contribution in [3.8, 4) is 0 Å². The maximum absolute atomic E-state index is 12.4. The predicted octanol–water partition coefficient (Wildman–Crippen LogP) is 0.916. The first kappa shape index (κ1) is 18.2. The van der Waals surface area contributed by atoms with Crippen molar-refractivity contribution < 1.29 is 9.53 Å². The number of carbonyl (C=O) groups is 1. The lowest BCUT2D eigenvalue weighted by atomic mass is 10.1. The fourth-order valence-electron chi connectivity index (χ4n) is 2.77. The smallest absolute Gasteiger partial charge is 0.239 e. The maximum atomic E-state index is 12.4. The van der Waals surface area contributed by atoms with Gasteiger partial charge < -0.3 is 15.0 Å². The predicted molar refractivity (Wildman–Crippen MR) is 84.0 cm³/mol. The van der Waals surface area contributed by atoms with Gasteiger partial charge in [0, 0.05) is 25.4 Å². The minimum Gasteiger partial charge on any atom is -0.370 e. The second kappa shape index (κ2) is 7.98. The molecule has 3 heterocycles. The van der Waals surface area contributed by atoms with Crippen LogP contribution in [0.25, 0.3) is 0 Å². The van der Waals surface area contributed by atoms with Crippen LogP contribution < -0.4 is 5.32 Å². The molecule has 0 radical (unpaired) electrons. The Hall–Kier alpha value is -0.820. The summed E-state index contributed by atoms with van der Waals surface area (Å²) in [7, 11) is 1.89. The van der Waals surface area contributed by atoms with Crippen LogP contribution in [0, 0.1) is 0 Å². The minimum atomic E-state index is -0.0483. The van der Waals surface area contributed by atoms with Gasteiger partial charge in [0.15, 0.2) is 0 Å². The highest BCUT2D eigenvalue weighted by atomic mass is 35.5. The van der Waals surface area contributed by atoms with Crippen molar-refractivity contribution in [2.45, 2.75) is 25.0 Å². The van der Waals surface area contributed by atoms with Crippen LogP contribution in [0.2, 0.25) is 0 Å². The molecule has 0 bridgehead atoms. The summed E-state index contributed by atoms with van der Waals surface area (Å²) in [5.41, 5.74) is 1.04. The number of nitrogens with one attached hydrogen (secondary N) is 1. The summed E-state index contributed by atoms with van der Waals surface area (Å²) in [6.07, 6.45) is 5.76. The van der Waals surface area contributed by atoms with Crippen molar-refractivity contribution in [3.63, 3.8) is 0 Å². The van der Waals surface area contributed by atoms with E-state index in [0.29, 0.717) is 19.7 Å². The van der Waals surface area contributed by atoms with Crippen molar-refractivity contribution in [2.24, 2.45) is 7.05 Å². The third kappa shape index (κ3) is 4.10. The number of nitrogens with zero attached hydrogens (tertiary/aromatic N) is 3. The number of halogens is 2. The van der Waals surface area contributed by atoms with Crippen molar-refractivity contribution in [1.29, 1.82) is 0 Å². The van der Waals surface area contributed by atoms with E-state index in [9.17, 15) is 4.79 Å². The van der Waals surface area contributed by atoms with Gasteiger partial charge in [0.25, 0.3) is 0 Å². The zero-order chi connectivity index (χ0) is 13.2. The fourth-order valence-corrected chi connectivity index (χ4v) is 2.77. The number of hydrogen-bond donors (Lipinski definition) is 1. The van der Waals surface area contributed by atoms with Crippen LogP contribution in [0.4, 0.5) is 0 Å². The van der Waals surface area contributed by atoms with Gasteiger partial charge in [0.05, 0.1) is 25.4 Å². The molecule has 0 aromatic carbocycles. The average molecular weight is 337 g/mol. The Kier molecular flexibility index (Phi) is 6.93. The van der Waals surface area contributed by atoms with E-state index in [1.54, 1.807) is 4.68 Å². The second-order valence-corrected chi connectivity index (χ2v) is 5.24. The molecule has 1 N–H and O–H groups in total. The molecule has 0 aliphatic carbocycles. The Labute approximate surface area is 137 Å². The number of carbonyl (C=O) groups excluding carboxylic acids is 1. The molecular weight excluding hydrogens is 315 g/mol. The molecule has 6 nitrogen and oxygen atoms in total. The van der Waals surface area contributed by atoms with Crippen LogP contribution in [0.15, 0.2) is 12.4 Å². The Morgan fingerprint density at radius 3 is 2.90 bits per heavy atom. The van der Waals surface area contributed by atoms with Gasteiger partial charge in [-0.15, -0.1) is 24.8 Å². The second-order valence-electron chi connectivity index (χ2n) is 5.24. The summed E-state index contributed by atoms with van der Waals surface area (Å²) in [4.78, 5) is 14.3. The summed E-state index contributed by atoms with van der Waals surface area (Å²) < 4.78 is 7.51. The van der Waals surface area contributed by atoms with Crippen LogP contribution in [-0.2, 0) is 16.6 Å². The lowest BCUT2D eigenvalue weighted by Crippen LogP contribution is -2.49. The van der Waals surface area contributed by atoms with Gasteiger partial charge in [-0.3, -0.25) is 9.48 Å². The summed E-state index contributed by atoms with van der Waals surface area (Å²) in [6.45, 7) is 2.86. The van der Waals surface area contributed by atoms with Crippen molar-refractivity contribution in [3.05, 3.63) is 18.0 Å². The quantitative estimate of drug-likeness (QED) is 0.872. The SMILES string of the molecule is Cl.Cl.Cn1cc(C2CN(C(=O)[C@@H]3CCCN3)CCO2)cn1. The Bertz CT molecular complexity index is 463. The highest BCUT2D eigenvalue weighted by molar-refractivity contribution is 5.85. The third-order valence-electron chi connectivity index (χ3n) is 3.83. The number of rotatable bonds is 2. The van der Waals surface area contributed by atoms with E-state index in [0.717, 1.165) is 24.9 Å². The number of morpholine rings is 1. The molecule has 1 aromatic rings. The van der Waals surface area contributed by atoms with Crippen LogP contribution in [0.5, 0.6) is 0 Å². The van der Waals surface area contributed by atoms with Crippen molar-refractivity contribution >= 4 is 30.7 Å². The normalized spacial score (nSPS) is 25.1. The zero-order valence-corrected chi connectivity index (χ0v) is 13.7. The van der Waals surface area contributed by atoms with Crippen LogP contribution in [0.1, 0.15) is 24.5 Å². The molecule has 2 fully saturated rings. The lowest BCUT2D eigenvalue weighted by molar-refractivity contribution is -0.140. The molecule has 120 valence electrons. The molecule has 0 saturated carbocycles. The highest BCUT2D eigenvalue weighted by Crippen LogP contribution is 2.22. The Balaban J connectivity index is 0.00000110. The maximum Gasteiger partial charge on any atom is 0.239 e. The Morgan fingerprint density at radius 1 is 1.48 bits per heavy atom. The fraction of sp³-hybridized carbons (Fsp3) is 0.692. The Morgan fingerprint density at radius 2 is 2.29 bits per heavy atom. The van der Waals surface area contributed by atoms with Crippen LogP contribution >= 0.6 is 24.8 Å². The minimum absolute atomic E-state index is 0. The van der Waals surface area contributed by atoms with Crippen molar-refractivity contribution in [1.82, 2.24) is 20.0 Å². The van der Waals surface area contributed by atoms with E-state index in [1.165, 1.54) is 0 Å². The van der Waals surface area contributed by atoms with Crippen LogP contribution in [0.3, 0.4) is 0 Å². The molecule has 2 aliphatic heterocycles. The highest BCUT2D eigenvalue weighted by Gasteiger charge is 2.31. The summed E-state index contributed by atoms with van der Waals surface area (Å²) in [5, 5.41) is 7.42. The third-order valence-corrected chi connectivity index (χ3v) is 3.83. The van der Waals surface area contributed by atoms with E-state index in [1.807, 2.05) is 24.3 Å². The monoisotopic (exact) mass is 336 g/mol. The molecule has 2 atom stereocenters. The number of ether oxygens (including phenoxy) is 1. The van der Waals surface area contributed by atoms with Gasteiger partial charge in [-0.25, -0.2) is 0 Å². The molecule has 0 spiro atoms. The first-order chi connectivity index (χ1) is 9.24. The number of hydrogen-bond acceptors (Lipinski definition) is 4. The van der Waals surface area contributed by atoms with Gasteiger partial charge in [-0.2, -0.15) is 5.10 Å². The average Bonchev–Trinajstić information content (AvgIpc) is 3.09. The summed E-state index contributed by atoms with van der Waals surface area (Å²) >= 11 is 0. The van der Waals surface area contributed by atoms with E-state index in [-0.39, 0.29) is 42.9 Å². The molecule has 2 aliphatic rings. The van der Waals surface area contributed by atoms with Crippen LogP contribution in [-0.4, -0.2) is 52.9 Å². The number of amides is 1. The topological polar surface area (TPSA) is 59.4 Å². The first-order valence-electron chi connectivity index (χ1n) is 6.86. The molecule has 1 amide bonds. The van der Waals surface area contributed by atoms with E-state index in [2.05, 4.69) is 10.4 Å². The molecule has 1 unspecified atom stereocenters.